The number of piperidine rings is 1. The van der Waals surface area contributed by atoms with E-state index in [1.165, 1.54) is 5.56 Å². The Balaban J connectivity index is 1.98. The van der Waals surface area contributed by atoms with E-state index in [0.717, 1.165) is 24.4 Å². The minimum absolute atomic E-state index is 0.243. The predicted molar refractivity (Wildman–Crippen MR) is 62.3 cm³/mol. The van der Waals surface area contributed by atoms with Gasteiger partial charge in [0.1, 0.15) is 0 Å². The fourth-order valence-electron chi connectivity index (χ4n) is 2.09. The Labute approximate surface area is 95.3 Å². The normalized spacial score (nSPS) is 26.5. The molecule has 0 aromatic heterocycles. The zero-order valence-corrected chi connectivity index (χ0v) is 9.37. The zero-order chi connectivity index (χ0) is 10.7. The Bertz CT molecular complexity index is 304. The predicted octanol–water partition coefficient (Wildman–Crippen LogP) is 2.17. The lowest BCUT2D eigenvalue weighted by molar-refractivity contribution is 0.213. The van der Waals surface area contributed by atoms with Crippen LogP contribution in [0.25, 0.3) is 0 Å². The molecule has 2 nitrogen and oxygen atoms in total. The Hall–Kier alpha value is -0.570. The van der Waals surface area contributed by atoms with Crippen molar-refractivity contribution in [3.8, 4) is 0 Å². The summed E-state index contributed by atoms with van der Waals surface area (Å²) in [4.78, 5) is 0. The third-order valence-corrected chi connectivity index (χ3v) is 3.33. The standard InChI is InChI=1S/C12H16ClNO/c13-11-4-1-9(2-5-11)10-3-6-12(8-15)14-7-10/h1-2,4-5,10,12,14-15H,3,6-8H2. The van der Waals surface area contributed by atoms with Gasteiger partial charge in [0.2, 0.25) is 0 Å². The van der Waals surface area contributed by atoms with Crippen LogP contribution < -0.4 is 5.32 Å². The van der Waals surface area contributed by atoms with E-state index in [-0.39, 0.29) is 12.6 Å². The van der Waals surface area contributed by atoms with Crippen molar-refractivity contribution in [2.24, 2.45) is 0 Å². The number of nitrogens with one attached hydrogen (secondary N) is 1. The molecular formula is C12H16ClNO. The maximum atomic E-state index is 9.00. The SMILES string of the molecule is OCC1CCC(c2ccc(Cl)cc2)CN1. The second-order valence-electron chi connectivity index (χ2n) is 4.11. The van der Waals surface area contributed by atoms with Crippen LogP contribution in [0.2, 0.25) is 5.02 Å². The van der Waals surface area contributed by atoms with Gasteiger partial charge in [0.05, 0.1) is 6.61 Å². The molecule has 0 bridgehead atoms. The highest BCUT2D eigenvalue weighted by Crippen LogP contribution is 2.26. The van der Waals surface area contributed by atoms with Crippen molar-refractivity contribution >= 4 is 11.6 Å². The first kappa shape index (κ1) is 10.9. The summed E-state index contributed by atoms with van der Waals surface area (Å²) >= 11 is 5.85. The van der Waals surface area contributed by atoms with Crippen molar-refractivity contribution < 1.29 is 5.11 Å². The molecule has 0 radical (unpaired) electrons. The molecule has 1 aliphatic rings. The van der Waals surface area contributed by atoms with Crippen molar-refractivity contribution in [3.63, 3.8) is 0 Å². The van der Waals surface area contributed by atoms with Crippen LogP contribution in [0.15, 0.2) is 24.3 Å². The van der Waals surface area contributed by atoms with E-state index in [1.807, 2.05) is 12.1 Å². The number of rotatable bonds is 2. The third-order valence-electron chi connectivity index (χ3n) is 3.08. The average molecular weight is 226 g/mol. The van der Waals surface area contributed by atoms with E-state index in [4.69, 9.17) is 16.7 Å². The molecule has 1 aromatic carbocycles. The van der Waals surface area contributed by atoms with Crippen LogP contribution in [0.4, 0.5) is 0 Å². The number of aliphatic hydroxyl groups excluding tert-OH is 1. The van der Waals surface area contributed by atoms with Gasteiger partial charge in [-0.3, -0.25) is 0 Å². The maximum absolute atomic E-state index is 9.00. The molecule has 2 N–H and O–H groups in total. The van der Waals surface area contributed by atoms with Crippen molar-refractivity contribution in [2.75, 3.05) is 13.2 Å². The number of aliphatic hydroxyl groups is 1. The van der Waals surface area contributed by atoms with Crippen LogP contribution in [0.5, 0.6) is 0 Å². The highest BCUT2D eigenvalue weighted by molar-refractivity contribution is 6.30. The largest absolute Gasteiger partial charge is 0.395 e. The average Bonchev–Trinajstić information content (AvgIpc) is 2.30. The summed E-state index contributed by atoms with van der Waals surface area (Å²) in [6.45, 7) is 1.19. The fraction of sp³-hybridized carbons (Fsp3) is 0.500. The van der Waals surface area contributed by atoms with Gasteiger partial charge in [-0.1, -0.05) is 23.7 Å². The second-order valence-corrected chi connectivity index (χ2v) is 4.55. The molecule has 0 spiro atoms. The number of hydrogen-bond acceptors (Lipinski definition) is 2. The van der Waals surface area contributed by atoms with Crippen LogP contribution in [0.1, 0.15) is 24.3 Å². The molecule has 1 saturated heterocycles. The zero-order valence-electron chi connectivity index (χ0n) is 8.62. The van der Waals surface area contributed by atoms with E-state index in [1.54, 1.807) is 0 Å². The van der Waals surface area contributed by atoms with Gasteiger partial charge in [0, 0.05) is 17.6 Å². The summed E-state index contributed by atoms with van der Waals surface area (Å²) in [5, 5.41) is 13.1. The maximum Gasteiger partial charge on any atom is 0.0584 e. The van der Waals surface area contributed by atoms with Crippen molar-refractivity contribution in [2.45, 2.75) is 24.8 Å². The first-order valence-electron chi connectivity index (χ1n) is 5.39. The minimum atomic E-state index is 0.243. The fourth-order valence-corrected chi connectivity index (χ4v) is 2.22. The summed E-state index contributed by atoms with van der Waals surface area (Å²) in [6, 6.07) is 8.35. The van der Waals surface area contributed by atoms with Gasteiger partial charge in [-0.25, -0.2) is 0 Å². The molecule has 2 rings (SSSR count). The highest BCUT2D eigenvalue weighted by Gasteiger charge is 2.20. The van der Waals surface area contributed by atoms with Gasteiger partial charge in [0.25, 0.3) is 0 Å². The molecule has 2 unspecified atom stereocenters. The first-order chi connectivity index (χ1) is 7.29. The second kappa shape index (κ2) is 4.97. The molecule has 0 saturated carbocycles. The Kier molecular flexibility index (Phi) is 3.62. The topological polar surface area (TPSA) is 32.3 Å². The van der Waals surface area contributed by atoms with E-state index >= 15 is 0 Å². The summed E-state index contributed by atoms with van der Waals surface area (Å²) in [5.74, 6) is 0.560. The molecule has 1 heterocycles. The molecule has 1 aliphatic heterocycles. The third kappa shape index (κ3) is 2.71. The van der Waals surface area contributed by atoms with Gasteiger partial charge < -0.3 is 10.4 Å². The number of halogens is 1. The minimum Gasteiger partial charge on any atom is -0.395 e. The summed E-state index contributed by atoms with van der Waals surface area (Å²) in [5.41, 5.74) is 1.34. The molecule has 0 amide bonds. The van der Waals surface area contributed by atoms with Crippen LogP contribution in [-0.2, 0) is 0 Å². The monoisotopic (exact) mass is 225 g/mol. The summed E-state index contributed by atoms with van der Waals surface area (Å²) in [6.07, 6.45) is 2.18. The smallest absolute Gasteiger partial charge is 0.0584 e. The van der Waals surface area contributed by atoms with Gasteiger partial charge in [-0.15, -0.1) is 0 Å². The molecule has 1 fully saturated rings. The molecule has 3 heteroatoms. The van der Waals surface area contributed by atoms with Crippen LogP contribution in [-0.4, -0.2) is 24.3 Å². The van der Waals surface area contributed by atoms with E-state index in [2.05, 4.69) is 17.4 Å². The highest BCUT2D eigenvalue weighted by atomic mass is 35.5. The van der Waals surface area contributed by atoms with Gasteiger partial charge in [-0.2, -0.15) is 0 Å². The number of hydrogen-bond donors (Lipinski definition) is 2. The van der Waals surface area contributed by atoms with Crippen molar-refractivity contribution in [3.05, 3.63) is 34.9 Å². The van der Waals surface area contributed by atoms with E-state index in [9.17, 15) is 0 Å². The Morgan fingerprint density at radius 2 is 2.00 bits per heavy atom. The van der Waals surface area contributed by atoms with Crippen LogP contribution in [0.3, 0.4) is 0 Å². The van der Waals surface area contributed by atoms with Gasteiger partial charge in [-0.05, 0) is 36.5 Å². The lowest BCUT2D eigenvalue weighted by atomic mass is 9.89. The Morgan fingerprint density at radius 1 is 1.27 bits per heavy atom. The summed E-state index contributed by atoms with van der Waals surface area (Å²) < 4.78 is 0. The molecule has 15 heavy (non-hydrogen) atoms. The van der Waals surface area contributed by atoms with E-state index in [0.29, 0.717) is 5.92 Å². The first-order valence-corrected chi connectivity index (χ1v) is 5.77. The van der Waals surface area contributed by atoms with Crippen LogP contribution >= 0.6 is 11.6 Å². The van der Waals surface area contributed by atoms with Crippen molar-refractivity contribution in [1.29, 1.82) is 0 Å². The van der Waals surface area contributed by atoms with Crippen molar-refractivity contribution in [1.82, 2.24) is 5.32 Å². The van der Waals surface area contributed by atoms with Gasteiger partial charge >= 0.3 is 0 Å². The van der Waals surface area contributed by atoms with Crippen LogP contribution in [0, 0.1) is 0 Å². The molecule has 82 valence electrons. The molecular weight excluding hydrogens is 210 g/mol. The molecule has 0 aliphatic carbocycles. The van der Waals surface area contributed by atoms with Gasteiger partial charge in [0.15, 0.2) is 0 Å². The molecule has 2 atom stereocenters. The molecule has 1 aromatic rings. The summed E-state index contributed by atoms with van der Waals surface area (Å²) in [7, 11) is 0. The lowest BCUT2D eigenvalue weighted by Gasteiger charge is -2.29. The quantitative estimate of drug-likeness (QED) is 0.809. The van der Waals surface area contributed by atoms with E-state index < -0.39 is 0 Å². The Morgan fingerprint density at radius 3 is 2.53 bits per heavy atom. The lowest BCUT2D eigenvalue weighted by Crippen LogP contribution is -2.40. The number of benzene rings is 1.